The zero-order valence-electron chi connectivity index (χ0n) is 56.9. The summed E-state index contributed by atoms with van der Waals surface area (Å²) < 4.78 is 26.0. The molecular formula is C98H57N5O3. The normalized spacial score (nSPS) is 12.2. The third-order valence-electron chi connectivity index (χ3n) is 22.0. The van der Waals surface area contributed by atoms with E-state index in [1.54, 1.807) is 0 Å². The molecule has 492 valence electrons. The van der Waals surface area contributed by atoms with Crippen LogP contribution in [0.15, 0.2) is 359 Å². The van der Waals surface area contributed by atoms with Gasteiger partial charge in [-0.2, -0.15) is 0 Å². The van der Waals surface area contributed by atoms with Crippen molar-refractivity contribution in [1.82, 2.24) is 23.7 Å². The molecule has 0 spiro atoms. The molecule has 16 aromatic carbocycles. The topological polar surface area (TPSA) is 80.0 Å². The molecule has 0 N–H and O–H groups in total. The average molecular weight is 1350 g/mol. The Balaban J connectivity index is 0.664. The summed E-state index contributed by atoms with van der Waals surface area (Å²) in [6.07, 6.45) is 0. The van der Waals surface area contributed by atoms with E-state index >= 15 is 0 Å². The van der Waals surface area contributed by atoms with Gasteiger partial charge in [0, 0.05) is 92.8 Å². The van der Waals surface area contributed by atoms with Gasteiger partial charge in [0.2, 0.25) is 0 Å². The molecule has 23 aromatic rings. The highest BCUT2D eigenvalue weighted by Crippen LogP contribution is 2.44. The van der Waals surface area contributed by atoms with E-state index in [1.807, 2.05) is 36.4 Å². The van der Waals surface area contributed by atoms with E-state index in [1.165, 1.54) is 32.3 Å². The number of hydrogen-bond acceptors (Lipinski definition) is 5. The van der Waals surface area contributed by atoms with Gasteiger partial charge in [-0.15, -0.1) is 0 Å². The first-order valence-corrected chi connectivity index (χ1v) is 36.0. The summed E-state index contributed by atoms with van der Waals surface area (Å²) in [5.41, 5.74) is 29.2. The van der Waals surface area contributed by atoms with Crippen molar-refractivity contribution in [1.29, 1.82) is 0 Å². The van der Waals surface area contributed by atoms with Crippen LogP contribution in [0.1, 0.15) is 0 Å². The molecular weight excluding hydrogens is 1300 g/mol. The average Bonchev–Trinajstić information content (AvgIpc) is 1.61. The Morgan fingerprint density at radius 1 is 0.170 bits per heavy atom. The number of para-hydroxylation sites is 6. The minimum atomic E-state index is 0.777. The number of hydrogen-bond donors (Lipinski definition) is 0. The molecule has 0 fully saturated rings. The summed E-state index contributed by atoms with van der Waals surface area (Å²) >= 11 is 0. The molecule has 0 aliphatic heterocycles. The summed E-state index contributed by atoms with van der Waals surface area (Å²) in [5, 5.41) is 13.8. The lowest BCUT2D eigenvalue weighted by Gasteiger charge is -2.15. The molecule has 8 heteroatoms. The lowest BCUT2D eigenvalue weighted by atomic mass is 10.0. The van der Waals surface area contributed by atoms with E-state index < -0.39 is 0 Å². The monoisotopic (exact) mass is 1350 g/mol. The lowest BCUT2D eigenvalue weighted by molar-refractivity contribution is 0.668. The van der Waals surface area contributed by atoms with Crippen molar-refractivity contribution < 1.29 is 13.3 Å². The molecule has 7 aromatic heterocycles. The number of rotatable bonds is 9. The molecule has 0 bridgehead atoms. The third kappa shape index (κ3) is 8.95. The molecule has 0 saturated heterocycles. The minimum Gasteiger partial charge on any atom is -0.456 e. The van der Waals surface area contributed by atoms with E-state index in [4.69, 9.17) is 23.2 Å². The van der Waals surface area contributed by atoms with E-state index in [9.17, 15) is 0 Å². The van der Waals surface area contributed by atoms with Gasteiger partial charge in [-0.05, 0) is 202 Å². The van der Waals surface area contributed by atoms with E-state index in [0.717, 1.165) is 194 Å². The van der Waals surface area contributed by atoms with Crippen LogP contribution in [0.25, 0.3) is 226 Å². The van der Waals surface area contributed by atoms with Gasteiger partial charge < -0.3 is 27.0 Å². The van der Waals surface area contributed by atoms with Gasteiger partial charge in [0.1, 0.15) is 33.5 Å². The molecule has 0 saturated carbocycles. The molecule has 106 heavy (non-hydrogen) atoms. The van der Waals surface area contributed by atoms with E-state index in [-0.39, 0.29) is 0 Å². The molecule has 7 heterocycles. The van der Waals surface area contributed by atoms with Gasteiger partial charge >= 0.3 is 0 Å². The maximum Gasteiger partial charge on any atom is 0.135 e. The third-order valence-corrected chi connectivity index (χ3v) is 22.0. The highest BCUT2D eigenvalue weighted by molar-refractivity contribution is 6.15. The smallest absolute Gasteiger partial charge is 0.135 e. The largest absolute Gasteiger partial charge is 0.456 e. The Morgan fingerprint density at radius 2 is 0.443 bits per heavy atom. The number of fused-ring (bicyclic) bond motifs is 19. The van der Waals surface area contributed by atoms with Crippen LogP contribution in [-0.4, -0.2) is 23.7 Å². The standard InChI is InChI=1S/C98H57N5O3/c1-7-28-85-71(22-1)77-51-59(62-38-45-94-80(54-62)74-25-4-10-31-91(74)104-94)35-42-88(77)101(85)68-19-13-16-58(48-68)65-34-41-83-84(57-65)100-98(67-18-15-21-70(50-67)103-87-30-9-3-24-73(87)79-53-61(37-44-90(79)103)64-40-47-96-82(56-64)76-27-6-12-33-93(76)106-96)97(99-83)66-17-14-20-69(49-66)102-86-29-8-2-23-72(86)78-52-60(36-43-89(78)102)63-39-46-95-81(55-63)75-26-5-11-32-92(75)105-95/h1-57H. The highest BCUT2D eigenvalue weighted by atomic mass is 16.3. The first kappa shape index (κ1) is 58.3. The highest BCUT2D eigenvalue weighted by Gasteiger charge is 2.23. The summed E-state index contributed by atoms with van der Waals surface area (Å²) in [6, 6.07) is 124. The van der Waals surface area contributed by atoms with Crippen molar-refractivity contribution in [2.24, 2.45) is 0 Å². The van der Waals surface area contributed by atoms with Crippen LogP contribution >= 0.6 is 0 Å². The molecule has 0 atom stereocenters. The van der Waals surface area contributed by atoms with Gasteiger partial charge in [0.25, 0.3) is 0 Å². The first-order valence-electron chi connectivity index (χ1n) is 36.0. The second-order valence-electron chi connectivity index (χ2n) is 28.0. The Morgan fingerprint density at radius 3 is 0.840 bits per heavy atom. The molecule has 8 nitrogen and oxygen atoms in total. The fourth-order valence-electron chi connectivity index (χ4n) is 17.1. The van der Waals surface area contributed by atoms with Crippen LogP contribution in [-0.2, 0) is 0 Å². The number of benzene rings is 16. The summed E-state index contributed by atoms with van der Waals surface area (Å²) in [5.74, 6) is 0. The quantitative estimate of drug-likeness (QED) is 0.144. The number of furan rings is 3. The molecule has 0 radical (unpaired) electrons. The second kappa shape index (κ2) is 22.6. The Kier molecular flexibility index (Phi) is 12.4. The Labute approximate surface area is 605 Å². The van der Waals surface area contributed by atoms with Crippen LogP contribution in [0.2, 0.25) is 0 Å². The molecule has 0 aliphatic carbocycles. The summed E-state index contributed by atoms with van der Waals surface area (Å²) in [4.78, 5) is 11.5. The zero-order valence-corrected chi connectivity index (χ0v) is 56.9. The van der Waals surface area contributed by atoms with Crippen LogP contribution < -0.4 is 0 Å². The summed E-state index contributed by atoms with van der Waals surface area (Å²) in [6.45, 7) is 0. The van der Waals surface area contributed by atoms with Crippen LogP contribution in [0.3, 0.4) is 0 Å². The van der Waals surface area contributed by atoms with E-state index in [2.05, 4.69) is 323 Å². The predicted octanol–water partition coefficient (Wildman–Crippen LogP) is 26.6. The fourth-order valence-corrected chi connectivity index (χ4v) is 17.1. The number of aromatic nitrogens is 5. The van der Waals surface area contributed by atoms with Gasteiger partial charge in [-0.3, -0.25) is 0 Å². The lowest BCUT2D eigenvalue weighted by Crippen LogP contribution is -1.99. The van der Waals surface area contributed by atoms with Crippen molar-refractivity contribution in [3.8, 4) is 84.1 Å². The van der Waals surface area contributed by atoms with Crippen molar-refractivity contribution in [3.63, 3.8) is 0 Å². The predicted molar refractivity (Wildman–Crippen MR) is 437 cm³/mol. The number of nitrogens with zero attached hydrogens (tertiary/aromatic N) is 5. The van der Waals surface area contributed by atoms with Crippen molar-refractivity contribution in [2.45, 2.75) is 0 Å². The molecule has 0 amide bonds. The fraction of sp³-hybridized carbons (Fsp3) is 0. The van der Waals surface area contributed by atoms with Crippen LogP contribution in [0, 0.1) is 0 Å². The van der Waals surface area contributed by atoms with Gasteiger partial charge in [-0.25, -0.2) is 9.97 Å². The second-order valence-corrected chi connectivity index (χ2v) is 28.0. The Hall–Kier alpha value is -14.3. The van der Waals surface area contributed by atoms with Crippen molar-refractivity contribution in [3.05, 3.63) is 346 Å². The van der Waals surface area contributed by atoms with Crippen LogP contribution in [0.5, 0.6) is 0 Å². The maximum atomic E-state index is 6.27. The van der Waals surface area contributed by atoms with E-state index in [0.29, 0.717) is 0 Å². The van der Waals surface area contributed by atoms with Crippen molar-refractivity contribution >= 4 is 142 Å². The first-order chi connectivity index (χ1) is 52.5. The maximum absolute atomic E-state index is 6.27. The summed E-state index contributed by atoms with van der Waals surface area (Å²) in [7, 11) is 0. The van der Waals surface area contributed by atoms with Crippen molar-refractivity contribution in [2.75, 3.05) is 0 Å². The van der Waals surface area contributed by atoms with Gasteiger partial charge in [-0.1, -0.05) is 188 Å². The molecule has 23 rings (SSSR count). The zero-order chi connectivity index (χ0) is 69.2. The molecule has 0 aliphatic rings. The van der Waals surface area contributed by atoms with Gasteiger partial charge in [0.05, 0.1) is 55.5 Å². The Bertz CT molecular complexity index is 7680. The molecule has 0 unspecified atom stereocenters. The van der Waals surface area contributed by atoms with Crippen LogP contribution in [0.4, 0.5) is 0 Å². The SMILES string of the molecule is c1cc(-c2ccc3nc(-c4cccc(-n5c6ccccc6c6cc(-c7ccc8oc9ccccc9c8c7)ccc65)c4)c(-c4cccc(-n5c6ccccc6c6cc(-c7ccc8oc9ccccc9c8c7)ccc65)c4)nc3c2)cc(-n2c3ccccc3c3cc(-c4ccc5oc6ccccc6c5c4)ccc32)c1. The minimum absolute atomic E-state index is 0.777. The van der Waals surface area contributed by atoms with Gasteiger partial charge in [0.15, 0.2) is 0 Å².